The summed E-state index contributed by atoms with van der Waals surface area (Å²) in [5, 5.41) is 6.78. The van der Waals surface area contributed by atoms with Gasteiger partial charge in [0.05, 0.1) is 15.5 Å². The van der Waals surface area contributed by atoms with Crippen LogP contribution in [0.2, 0.25) is 0 Å². The second kappa shape index (κ2) is 9.36. The van der Waals surface area contributed by atoms with Gasteiger partial charge in [-0.25, -0.2) is 18.1 Å². The Morgan fingerprint density at radius 2 is 1.84 bits per heavy atom. The fourth-order valence-corrected chi connectivity index (χ4v) is 6.91. The zero-order chi connectivity index (χ0) is 22.0. The first-order valence-electron chi connectivity index (χ1n) is 11.0. The molecule has 0 spiro atoms. The zero-order valence-corrected chi connectivity index (χ0v) is 19.7. The standard InChI is InChI=1S/C22H30N4O3S2/c1-14-7-8-17(13-19(14)31(28,29)26-18-9-11-23-12-10-18)20-15(2)24-22(30-20)25-21(27)16-5-3-4-6-16/h7-8,13,16,18,23,26H,3-6,9-12H2,1-2H3,(H,24,25,27). The van der Waals surface area contributed by atoms with Gasteiger partial charge in [-0.15, -0.1) is 0 Å². The molecule has 7 nitrogen and oxygen atoms in total. The number of nitrogens with one attached hydrogen (secondary N) is 3. The molecule has 0 radical (unpaired) electrons. The van der Waals surface area contributed by atoms with E-state index in [1.165, 1.54) is 11.3 Å². The molecule has 1 aromatic carbocycles. The molecular weight excluding hydrogens is 432 g/mol. The number of piperidine rings is 1. The van der Waals surface area contributed by atoms with Crippen LogP contribution in [-0.4, -0.2) is 38.4 Å². The highest BCUT2D eigenvalue weighted by Crippen LogP contribution is 2.35. The van der Waals surface area contributed by atoms with Crippen molar-refractivity contribution in [3.8, 4) is 10.4 Å². The Morgan fingerprint density at radius 1 is 1.13 bits per heavy atom. The van der Waals surface area contributed by atoms with E-state index in [-0.39, 0.29) is 17.9 Å². The molecule has 31 heavy (non-hydrogen) atoms. The van der Waals surface area contributed by atoms with E-state index in [4.69, 9.17) is 0 Å². The summed E-state index contributed by atoms with van der Waals surface area (Å²) in [6.45, 7) is 5.34. The highest BCUT2D eigenvalue weighted by Gasteiger charge is 2.26. The van der Waals surface area contributed by atoms with E-state index >= 15 is 0 Å². The summed E-state index contributed by atoms with van der Waals surface area (Å²) in [7, 11) is -3.62. The Balaban J connectivity index is 1.56. The van der Waals surface area contributed by atoms with Crippen LogP contribution in [0.3, 0.4) is 0 Å². The largest absolute Gasteiger partial charge is 0.317 e. The lowest BCUT2D eigenvalue weighted by molar-refractivity contribution is -0.119. The number of thiazole rings is 1. The minimum absolute atomic E-state index is 0.0381. The molecule has 3 N–H and O–H groups in total. The summed E-state index contributed by atoms with van der Waals surface area (Å²) in [6, 6.07) is 5.43. The van der Waals surface area contributed by atoms with Crippen molar-refractivity contribution in [2.24, 2.45) is 5.92 Å². The van der Waals surface area contributed by atoms with Gasteiger partial charge in [-0.05, 0) is 69.8 Å². The van der Waals surface area contributed by atoms with Crippen molar-refractivity contribution in [1.82, 2.24) is 15.0 Å². The van der Waals surface area contributed by atoms with Crippen LogP contribution in [0.4, 0.5) is 5.13 Å². The summed E-state index contributed by atoms with van der Waals surface area (Å²) in [4.78, 5) is 18.1. The Kier molecular flexibility index (Phi) is 6.76. The van der Waals surface area contributed by atoms with Crippen LogP contribution < -0.4 is 15.4 Å². The Bertz CT molecular complexity index is 1050. The first-order valence-corrected chi connectivity index (χ1v) is 13.3. The molecule has 2 aliphatic rings. The van der Waals surface area contributed by atoms with Crippen LogP contribution in [-0.2, 0) is 14.8 Å². The van der Waals surface area contributed by atoms with Gasteiger partial charge in [0.25, 0.3) is 0 Å². The van der Waals surface area contributed by atoms with Crippen molar-refractivity contribution in [3.63, 3.8) is 0 Å². The fourth-order valence-electron chi connectivity index (χ4n) is 4.37. The maximum Gasteiger partial charge on any atom is 0.241 e. The topological polar surface area (TPSA) is 100 Å². The van der Waals surface area contributed by atoms with E-state index in [1.807, 2.05) is 26.0 Å². The van der Waals surface area contributed by atoms with Gasteiger partial charge in [0, 0.05) is 12.0 Å². The number of carbonyl (C=O) groups is 1. The molecule has 1 aliphatic carbocycles. The van der Waals surface area contributed by atoms with Gasteiger partial charge in [0.2, 0.25) is 15.9 Å². The molecule has 2 fully saturated rings. The van der Waals surface area contributed by atoms with Gasteiger partial charge in [0.1, 0.15) is 0 Å². The van der Waals surface area contributed by atoms with E-state index < -0.39 is 10.0 Å². The van der Waals surface area contributed by atoms with Crippen molar-refractivity contribution in [2.45, 2.75) is 63.3 Å². The molecule has 1 aromatic heterocycles. The summed E-state index contributed by atoms with van der Waals surface area (Å²) in [6.07, 6.45) is 5.66. The number of aromatic nitrogens is 1. The number of nitrogens with zero attached hydrogens (tertiary/aromatic N) is 1. The van der Waals surface area contributed by atoms with Gasteiger partial charge in [-0.1, -0.05) is 36.3 Å². The normalized spacial score (nSPS) is 18.4. The number of amides is 1. The average molecular weight is 463 g/mol. The summed E-state index contributed by atoms with van der Waals surface area (Å²) < 4.78 is 29.0. The second-order valence-corrected chi connectivity index (χ2v) is 11.2. The predicted octanol–water partition coefficient (Wildman–Crippen LogP) is 3.59. The van der Waals surface area contributed by atoms with Crippen molar-refractivity contribution >= 4 is 32.4 Å². The predicted molar refractivity (Wildman–Crippen MR) is 124 cm³/mol. The molecule has 1 aliphatic heterocycles. The second-order valence-electron chi connectivity index (χ2n) is 8.53. The summed E-state index contributed by atoms with van der Waals surface area (Å²) in [5.41, 5.74) is 2.29. The van der Waals surface area contributed by atoms with Crippen molar-refractivity contribution in [1.29, 1.82) is 0 Å². The summed E-state index contributed by atoms with van der Waals surface area (Å²) in [5.74, 6) is 0.112. The molecule has 168 valence electrons. The van der Waals surface area contributed by atoms with Crippen LogP contribution >= 0.6 is 11.3 Å². The lowest BCUT2D eigenvalue weighted by atomic mass is 10.1. The highest BCUT2D eigenvalue weighted by atomic mass is 32.2. The van der Waals surface area contributed by atoms with E-state index in [2.05, 4.69) is 20.3 Å². The smallest absolute Gasteiger partial charge is 0.241 e. The van der Waals surface area contributed by atoms with E-state index in [0.29, 0.717) is 15.6 Å². The third-order valence-corrected chi connectivity index (χ3v) is 8.94. The Hall–Kier alpha value is -1.81. The minimum Gasteiger partial charge on any atom is -0.317 e. The SMILES string of the molecule is Cc1ccc(-c2sc(NC(=O)C3CCCC3)nc2C)cc1S(=O)(=O)NC1CCNCC1. The van der Waals surface area contributed by atoms with Crippen molar-refractivity contribution in [2.75, 3.05) is 18.4 Å². The molecule has 2 aromatic rings. The molecule has 2 heterocycles. The number of aryl methyl sites for hydroxylation is 2. The maximum absolute atomic E-state index is 13.1. The number of benzene rings is 1. The summed E-state index contributed by atoms with van der Waals surface area (Å²) >= 11 is 1.39. The zero-order valence-electron chi connectivity index (χ0n) is 18.0. The number of hydrogen-bond acceptors (Lipinski definition) is 6. The first kappa shape index (κ1) is 22.4. The van der Waals surface area contributed by atoms with Gasteiger partial charge < -0.3 is 10.6 Å². The Labute approximate surface area is 188 Å². The van der Waals surface area contributed by atoms with Crippen molar-refractivity contribution in [3.05, 3.63) is 29.5 Å². The maximum atomic E-state index is 13.1. The van der Waals surface area contributed by atoms with E-state index in [0.717, 1.165) is 67.7 Å². The molecule has 1 saturated heterocycles. The molecule has 0 bridgehead atoms. The van der Waals surface area contributed by atoms with Gasteiger partial charge >= 0.3 is 0 Å². The molecule has 1 saturated carbocycles. The third kappa shape index (κ3) is 5.16. The molecule has 0 unspecified atom stereocenters. The molecule has 4 rings (SSSR count). The van der Waals surface area contributed by atoms with Gasteiger partial charge in [-0.3, -0.25) is 4.79 Å². The molecule has 0 atom stereocenters. The quantitative estimate of drug-likeness (QED) is 0.609. The van der Waals surface area contributed by atoms with Crippen molar-refractivity contribution < 1.29 is 13.2 Å². The molecule has 1 amide bonds. The lowest BCUT2D eigenvalue weighted by Gasteiger charge is -2.24. The minimum atomic E-state index is -3.62. The third-order valence-electron chi connectivity index (χ3n) is 6.15. The highest BCUT2D eigenvalue weighted by molar-refractivity contribution is 7.89. The lowest BCUT2D eigenvalue weighted by Crippen LogP contribution is -2.42. The van der Waals surface area contributed by atoms with E-state index in [9.17, 15) is 13.2 Å². The van der Waals surface area contributed by atoms with E-state index in [1.54, 1.807) is 6.07 Å². The van der Waals surface area contributed by atoms with Crippen LogP contribution in [0.5, 0.6) is 0 Å². The Morgan fingerprint density at radius 3 is 2.55 bits per heavy atom. The first-order chi connectivity index (χ1) is 14.8. The fraction of sp³-hybridized carbons (Fsp3) is 0.545. The van der Waals surface area contributed by atoms with Gasteiger partial charge in [-0.2, -0.15) is 0 Å². The number of rotatable bonds is 6. The number of carbonyl (C=O) groups excluding carboxylic acids is 1. The number of hydrogen-bond donors (Lipinski definition) is 3. The average Bonchev–Trinajstić information content (AvgIpc) is 3.39. The van der Waals surface area contributed by atoms with Gasteiger partial charge in [0.15, 0.2) is 5.13 Å². The monoisotopic (exact) mass is 462 g/mol. The van der Waals surface area contributed by atoms with Crippen LogP contribution in [0.15, 0.2) is 23.1 Å². The van der Waals surface area contributed by atoms with Crippen LogP contribution in [0, 0.1) is 19.8 Å². The number of anilines is 1. The van der Waals surface area contributed by atoms with Crippen LogP contribution in [0.1, 0.15) is 49.8 Å². The number of sulfonamides is 1. The van der Waals surface area contributed by atoms with Crippen LogP contribution in [0.25, 0.3) is 10.4 Å². The molecule has 9 heteroatoms. The molecular formula is C22H30N4O3S2.